The highest BCUT2D eigenvalue weighted by molar-refractivity contribution is 5.59. The minimum atomic E-state index is 0.0849. The second-order valence-electron chi connectivity index (χ2n) is 7.11. The lowest BCUT2D eigenvalue weighted by molar-refractivity contribution is 0.0711. The van der Waals surface area contributed by atoms with E-state index in [0.717, 1.165) is 36.8 Å². The maximum Gasteiger partial charge on any atom is 0.234 e. The highest BCUT2D eigenvalue weighted by Gasteiger charge is 2.44. The Morgan fingerprint density at radius 3 is 2.87 bits per heavy atom. The van der Waals surface area contributed by atoms with E-state index >= 15 is 0 Å². The van der Waals surface area contributed by atoms with Crippen molar-refractivity contribution in [3.8, 4) is 17.1 Å². The largest absolute Gasteiger partial charge is 0.493 e. The second-order valence-corrected chi connectivity index (χ2v) is 7.11. The summed E-state index contributed by atoms with van der Waals surface area (Å²) in [6.45, 7) is 4.28. The van der Waals surface area contributed by atoms with Gasteiger partial charge in [-0.1, -0.05) is 5.16 Å². The Hall–Kier alpha value is -1.88. The van der Waals surface area contributed by atoms with Gasteiger partial charge in [0.2, 0.25) is 11.7 Å². The molecule has 0 N–H and O–H groups in total. The summed E-state index contributed by atoms with van der Waals surface area (Å²) in [6, 6.07) is 6.20. The van der Waals surface area contributed by atoms with Gasteiger partial charge in [0.15, 0.2) is 0 Å². The molecule has 0 radical (unpaired) electrons. The summed E-state index contributed by atoms with van der Waals surface area (Å²) in [4.78, 5) is 7.34. The van der Waals surface area contributed by atoms with Gasteiger partial charge >= 0.3 is 0 Å². The van der Waals surface area contributed by atoms with E-state index in [-0.39, 0.29) is 5.41 Å². The van der Waals surface area contributed by atoms with Crippen molar-refractivity contribution >= 4 is 0 Å². The summed E-state index contributed by atoms with van der Waals surface area (Å²) >= 11 is 0. The Morgan fingerprint density at radius 2 is 2.00 bits per heavy atom. The third kappa shape index (κ3) is 2.17. The molecule has 2 saturated heterocycles. The number of nitrogens with zero attached hydrogens (tertiary/aromatic N) is 3. The molecule has 0 unspecified atom stereocenters. The normalized spacial score (nSPS) is 29.1. The lowest BCUT2D eigenvalue weighted by atomic mass is 9.73. The fourth-order valence-corrected chi connectivity index (χ4v) is 4.43. The molecule has 120 valence electrons. The van der Waals surface area contributed by atoms with Crippen molar-refractivity contribution in [1.29, 1.82) is 0 Å². The van der Waals surface area contributed by atoms with Crippen LogP contribution in [0.15, 0.2) is 22.7 Å². The molecular formula is C18H21N3O2. The van der Waals surface area contributed by atoms with E-state index in [2.05, 4.69) is 16.1 Å². The van der Waals surface area contributed by atoms with Crippen molar-refractivity contribution in [2.24, 2.45) is 0 Å². The Bertz CT molecular complexity index is 730. The van der Waals surface area contributed by atoms with E-state index < -0.39 is 0 Å². The molecule has 1 aromatic heterocycles. The Kier molecular flexibility index (Phi) is 2.98. The van der Waals surface area contributed by atoms with Gasteiger partial charge in [-0.15, -0.1) is 0 Å². The van der Waals surface area contributed by atoms with Crippen LogP contribution in [-0.2, 0) is 11.8 Å². The molecule has 5 nitrogen and oxygen atoms in total. The number of hydrogen-bond donors (Lipinski definition) is 0. The first-order chi connectivity index (χ1) is 11.3. The van der Waals surface area contributed by atoms with Crippen LogP contribution in [0, 0.1) is 0 Å². The molecule has 0 saturated carbocycles. The van der Waals surface area contributed by atoms with Gasteiger partial charge in [-0.05, 0) is 62.5 Å². The van der Waals surface area contributed by atoms with Gasteiger partial charge in [0.25, 0.3) is 0 Å². The smallest absolute Gasteiger partial charge is 0.234 e. The van der Waals surface area contributed by atoms with Crippen molar-refractivity contribution in [1.82, 2.24) is 15.0 Å². The predicted molar refractivity (Wildman–Crippen MR) is 85.5 cm³/mol. The molecule has 2 bridgehead atoms. The van der Waals surface area contributed by atoms with Crippen molar-refractivity contribution in [2.45, 2.75) is 37.5 Å². The molecule has 0 aliphatic carbocycles. The zero-order chi connectivity index (χ0) is 15.3. The first kappa shape index (κ1) is 13.5. The van der Waals surface area contributed by atoms with Crippen LogP contribution in [0.1, 0.15) is 37.1 Å². The van der Waals surface area contributed by atoms with E-state index in [4.69, 9.17) is 14.2 Å². The molecule has 0 spiro atoms. The van der Waals surface area contributed by atoms with Gasteiger partial charge in [0, 0.05) is 18.5 Å². The number of ether oxygens (including phenoxy) is 1. The average Bonchev–Trinajstić information content (AvgIpc) is 3.24. The van der Waals surface area contributed by atoms with Crippen molar-refractivity contribution < 1.29 is 9.26 Å². The molecule has 5 heteroatoms. The molecule has 2 aromatic rings. The van der Waals surface area contributed by atoms with Crippen LogP contribution >= 0.6 is 0 Å². The molecule has 2 fully saturated rings. The standard InChI is InChI=1S/C18H21N3O2/c1-6-18(7-2-9-21(8-1)12-18)17-19-16(20-23-17)14-3-4-15-13(11-14)5-10-22-15/h3-4,11H,1-2,5-10,12H2. The molecule has 0 amide bonds. The average molecular weight is 311 g/mol. The monoisotopic (exact) mass is 311 g/mol. The highest BCUT2D eigenvalue weighted by Crippen LogP contribution is 2.41. The third-order valence-electron chi connectivity index (χ3n) is 5.61. The van der Waals surface area contributed by atoms with Gasteiger partial charge < -0.3 is 14.2 Å². The lowest BCUT2D eigenvalue weighted by Gasteiger charge is -2.44. The fraction of sp³-hybridized carbons (Fsp3) is 0.556. The highest BCUT2D eigenvalue weighted by atomic mass is 16.5. The summed E-state index contributed by atoms with van der Waals surface area (Å²) < 4.78 is 11.3. The quantitative estimate of drug-likeness (QED) is 0.853. The molecule has 3 aliphatic heterocycles. The lowest BCUT2D eigenvalue weighted by Crippen LogP contribution is -2.50. The molecule has 23 heavy (non-hydrogen) atoms. The molecule has 0 atom stereocenters. The third-order valence-corrected chi connectivity index (χ3v) is 5.61. The Balaban J connectivity index is 1.48. The Labute approximate surface area is 135 Å². The van der Waals surface area contributed by atoms with Crippen LogP contribution in [0.25, 0.3) is 11.4 Å². The number of aromatic nitrogens is 2. The topological polar surface area (TPSA) is 51.4 Å². The molecule has 1 aromatic carbocycles. The van der Waals surface area contributed by atoms with E-state index in [9.17, 15) is 0 Å². The molecule has 3 aliphatic rings. The maximum absolute atomic E-state index is 5.74. The van der Waals surface area contributed by atoms with E-state index in [0.29, 0.717) is 5.82 Å². The minimum absolute atomic E-state index is 0.0849. The van der Waals surface area contributed by atoms with Gasteiger partial charge in [-0.3, -0.25) is 0 Å². The number of hydrogen-bond acceptors (Lipinski definition) is 5. The van der Waals surface area contributed by atoms with Crippen LogP contribution < -0.4 is 4.74 Å². The van der Waals surface area contributed by atoms with Gasteiger partial charge in [-0.25, -0.2) is 0 Å². The summed E-state index contributed by atoms with van der Waals surface area (Å²) in [5, 5.41) is 4.28. The SMILES string of the molecule is c1cc2c(cc1-c1noc(C34CCCN(CCC3)C4)n1)CCO2. The van der Waals surface area contributed by atoms with Crippen molar-refractivity contribution in [3.63, 3.8) is 0 Å². The summed E-state index contributed by atoms with van der Waals surface area (Å²) in [7, 11) is 0. The van der Waals surface area contributed by atoms with E-state index in [1.54, 1.807) is 0 Å². The van der Waals surface area contributed by atoms with Crippen molar-refractivity contribution in [3.05, 3.63) is 29.7 Å². The maximum atomic E-state index is 5.74. The van der Waals surface area contributed by atoms with Crippen LogP contribution in [0.5, 0.6) is 5.75 Å². The number of rotatable bonds is 2. The Morgan fingerprint density at radius 1 is 1.13 bits per heavy atom. The first-order valence-electron chi connectivity index (χ1n) is 8.65. The zero-order valence-corrected chi connectivity index (χ0v) is 13.3. The number of piperidine rings is 2. The summed E-state index contributed by atoms with van der Waals surface area (Å²) in [5.74, 6) is 2.55. The minimum Gasteiger partial charge on any atom is -0.493 e. The summed E-state index contributed by atoms with van der Waals surface area (Å²) in [6.07, 6.45) is 5.76. The van der Waals surface area contributed by atoms with Crippen LogP contribution in [-0.4, -0.2) is 41.3 Å². The molecular weight excluding hydrogens is 290 g/mol. The number of benzene rings is 1. The van der Waals surface area contributed by atoms with Crippen LogP contribution in [0.2, 0.25) is 0 Å². The first-order valence-corrected chi connectivity index (χ1v) is 8.65. The van der Waals surface area contributed by atoms with E-state index in [1.165, 1.54) is 44.3 Å². The van der Waals surface area contributed by atoms with Gasteiger partial charge in [-0.2, -0.15) is 4.98 Å². The van der Waals surface area contributed by atoms with Gasteiger partial charge in [0.1, 0.15) is 5.75 Å². The predicted octanol–water partition coefficient (Wildman–Crippen LogP) is 2.80. The zero-order valence-electron chi connectivity index (χ0n) is 13.3. The molecule has 5 rings (SSSR count). The van der Waals surface area contributed by atoms with Crippen LogP contribution in [0.4, 0.5) is 0 Å². The van der Waals surface area contributed by atoms with E-state index in [1.807, 2.05) is 12.1 Å². The van der Waals surface area contributed by atoms with Crippen LogP contribution in [0.3, 0.4) is 0 Å². The van der Waals surface area contributed by atoms with Gasteiger partial charge in [0.05, 0.1) is 12.0 Å². The summed E-state index contributed by atoms with van der Waals surface area (Å²) in [5.41, 5.74) is 2.36. The number of fused-ring (bicyclic) bond motifs is 3. The second kappa shape index (κ2) is 5.06. The van der Waals surface area contributed by atoms with Crippen molar-refractivity contribution in [2.75, 3.05) is 26.2 Å². The fourth-order valence-electron chi connectivity index (χ4n) is 4.43. The molecule has 4 heterocycles.